The van der Waals surface area contributed by atoms with Gasteiger partial charge in [-0.15, -0.1) is 11.3 Å². The summed E-state index contributed by atoms with van der Waals surface area (Å²) >= 11 is 1.39. The molecule has 3 rings (SSSR count). The number of nitrogens with two attached hydrogens (primary N) is 1. The number of benzene rings is 1. The van der Waals surface area contributed by atoms with Gasteiger partial charge in [0, 0.05) is 11.3 Å². The molecule has 1 saturated carbocycles. The lowest BCUT2D eigenvalue weighted by molar-refractivity contribution is -0.122. The molecule has 1 aliphatic carbocycles. The molecule has 0 saturated heterocycles. The summed E-state index contributed by atoms with van der Waals surface area (Å²) in [6.45, 7) is 0.469. The van der Waals surface area contributed by atoms with Crippen molar-refractivity contribution in [3.63, 3.8) is 0 Å². The number of anilines is 2. The van der Waals surface area contributed by atoms with E-state index in [1.165, 1.54) is 43.4 Å². The third-order valence-electron chi connectivity index (χ3n) is 4.75. The van der Waals surface area contributed by atoms with E-state index in [4.69, 9.17) is 5.73 Å². The van der Waals surface area contributed by atoms with Gasteiger partial charge in [0.1, 0.15) is 0 Å². The summed E-state index contributed by atoms with van der Waals surface area (Å²) in [7, 11) is 0. The van der Waals surface area contributed by atoms with Gasteiger partial charge in [-0.3, -0.25) is 9.59 Å². The van der Waals surface area contributed by atoms with Crippen molar-refractivity contribution < 1.29 is 9.59 Å². The Bertz CT molecular complexity index is 766. The lowest BCUT2D eigenvalue weighted by Gasteiger charge is -2.20. The van der Waals surface area contributed by atoms with Crippen molar-refractivity contribution >= 4 is 34.5 Å². The number of hydrogen-bond donors (Lipinski definition) is 3. The molecule has 0 spiro atoms. The van der Waals surface area contributed by atoms with Crippen LogP contribution in [-0.2, 0) is 11.3 Å². The first-order chi connectivity index (χ1) is 12.6. The van der Waals surface area contributed by atoms with Crippen LogP contribution >= 0.6 is 11.3 Å². The molecule has 1 heterocycles. The van der Waals surface area contributed by atoms with Gasteiger partial charge < -0.3 is 16.4 Å². The fourth-order valence-corrected chi connectivity index (χ4v) is 4.14. The molecule has 5 nitrogen and oxygen atoms in total. The number of thiophene rings is 1. The van der Waals surface area contributed by atoms with E-state index in [1.807, 2.05) is 18.2 Å². The molecule has 0 aliphatic heterocycles. The van der Waals surface area contributed by atoms with Gasteiger partial charge in [0.15, 0.2) is 0 Å². The maximum atomic E-state index is 12.3. The molecule has 0 atom stereocenters. The van der Waals surface area contributed by atoms with Gasteiger partial charge in [-0.2, -0.15) is 0 Å². The van der Waals surface area contributed by atoms with Crippen LogP contribution in [0.15, 0.2) is 36.4 Å². The van der Waals surface area contributed by atoms with Gasteiger partial charge in [0.25, 0.3) is 5.91 Å². The van der Waals surface area contributed by atoms with Crippen molar-refractivity contribution in [2.75, 3.05) is 11.1 Å². The number of nitrogens with one attached hydrogen (secondary N) is 2. The third kappa shape index (κ3) is 5.08. The van der Waals surface area contributed by atoms with Gasteiger partial charge in [-0.1, -0.05) is 31.4 Å². The zero-order valence-corrected chi connectivity index (χ0v) is 15.6. The average molecular weight is 372 g/mol. The van der Waals surface area contributed by atoms with E-state index in [1.54, 1.807) is 18.2 Å². The Hall–Kier alpha value is -2.34. The largest absolute Gasteiger partial charge is 0.397 e. The van der Waals surface area contributed by atoms with Crippen LogP contribution in [0.1, 0.15) is 53.1 Å². The molecule has 0 radical (unpaired) electrons. The predicted octanol–water partition coefficient (Wildman–Crippen LogP) is 4.17. The van der Waals surface area contributed by atoms with Crippen LogP contribution in [0.2, 0.25) is 0 Å². The highest BCUT2D eigenvalue weighted by molar-refractivity contribution is 7.14. The molecule has 1 aromatic carbocycles. The minimum absolute atomic E-state index is 0.105. The van der Waals surface area contributed by atoms with Crippen molar-refractivity contribution in [2.24, 2.45) is 5.92 Å². The van der Waals surface area contributed by atoms with Crippen molar-refractivity contribution in [3.8, 4) is 0 Å². The Morgan fingerprint density at radius 2 is 1.85 bits per heavy atom. The fourth-order valence-electron chi connectivity index (χ4n) is 3.30. The number of carbonyl (C=O) groups is 2. The fraction of sp³-hybridized carbons (Fsp3) is 0.400. The Morgan fingerprint density at radius 1 is 1.08 bits per heavy atom. The molecule has 4 N–H and O–H groups in total. The standard InChI is InChI=1S/C20H25N3O2S/c21-16-8-4-5-9-17(16)23-20(25)18-11-10-15(26-18)13-22-19(24)12-14-6-2-1-3-7-14/h4-5,8-11,14H,1-3,6-7,12-13,21H2,(H,22,24)(H,23,25). The summed E-state index contributed by atoms with van der Waals surface area (Å²) in [4.78, 5) is 26.0. The van der Waals surface area contributed by atoms with E-state index in [9.17, 15) is 9.59 Å². The Balaban J connectivity index is 1.48. The van der Waals surface area contributed by atoms with Gasteiger partial charge >= 0.3 is 0 Å². The van der Waals surface area contributed by atoms with E-state index in [0.29, 0.717) is 35.1 Å². The minimum Gasteiger partial charge on any atom is -0.397 e. The molecule has 26 heavy (non-hydrogen) atoms. The van der Waals surface area contributed by atoms with E-state index < -0.39 is 0 Å². The third-order valence-corrected chi connectivity index (χ3v) is 5.84. The lowest BCUT2D eigenvalue weighted by atomic mass is 9.87. The Morgan fingerprint density at radius 3 is 2.62 bits per heavy atom. The molecule has 0 bridgehead atoms. The van der Waals surface area contributed by atoms with Gasteiger partial charge in [-0.25, -0.2) is 0 Å². The molecule has 1 aliphatic rings. The van der Waals surface area contributed by atoms with Crippen LogP contribution in [0.25, 0.3) is 0 Å². The maximum absolute atomic E-state index is 12.3. The molecule has 2 aromatic rings. The minimum atomic E-state index is -0.187. The summed E-state index contributed by atoms with van der Waals surface area (Å²) in [5, 5.41) is 5.80. The highest BCUT2D eigenvalue weighted by Crippen LogP contribution is 2.26. The van der Waals surface area contributed by atoms with Gasteiger partial charge in [0.2, 0.25) is 5.91 Å². The highest BCUT2D eigenvalue weighted by Gasteiger charge is 2.17. The number of hydrogen-bond acceptors (Lipinski definition) is 4. The second kappa shape index (κ2) is 8.85. The Labute approximate surface area is 158 Å². The van der Waals surface area contributed by atoms with E-state index in [0.717, 1.165) is 4.88 Å². The van der Waals surface area contributed by atoms with Crippen molar-refractivity contribution in [2.45, 2.75) is 45.1 Å². The molecule has 1 fully saturated rings. The van der Waals surface area contributed by atoms with Crippen LogP contribution in [-0.4, -0.2) is 11.8 Å². The quantitative estimate of drug-likeness (QED) is 0.666. The van der Waals surface area contributed by atoms with E-state index >= 15 is 0 Å². The lowest BCUT2D eigenvalue weighted by Crippen LogP contribution is -2.25. The van der Waals surface area contributed by atoms with Crippen molar-refractivity contribution in [1.82, 2.24) is 5.32 Å². The molecular formula is C20H25N3O2S. The van der Waals surface area contributed by atoms with Crippen LogP contribution in [0.4, 0.5) is 11.4 Å². The van der Waals surface area contributed by atoms with Crippen LogP contribution in [0.3, 0.4) is 0 Å². The molecule has 1 aromatic heterocycles. The summed E-state index contributed by atoms with van der Waals surface area (Å²) in [5.41, 5.74) is 6.99. The maximum Gasteiger partial charge on any atom is 0.265 e. The molecular weight excluding hydrogens is 346 g/mol. The number of rotatable bonds is 6. The number of carbonyl (C=O) groups excluding carboxylic acids is 2. The first-order valence-electron chi connectivity index (χ1n) is 9.13. The zero-order valence-electron chi connectivity index (χ0n) is 14.8. The summed E-state index contributed by atoms with van der Waals surface area (Å²) in [6.07, 6.45) is 6.73. The number of amides is 2. The topological polar surface area (TPSA) is 84.2 Å². The van der Waals surface area contributed by atoms with Crippen LogP contribution in [0.5, 0.6) is 0 Å². The molecule has 6 heteroatoms. The number of nitrogen functional groups attached to an aromatic ring is 1. The second-order valence-electron chi connectivity index (χ2n) is 6.79. The molecule has 0 unspecified atom stereocenters. The SMILES string of the molecule is Nc1ccccc1NC(=O)c1ccc(CNC(=O)CC2CCCCC2)s1. The number of para-hydroxylation sites is 2. The second-order valence-corrected chi connectivity index (χ2v) is 7.96. The monoisotopic (exact) mass is 371 g/mol. The Kier molecular flexibility index (Phi) is 6.28. The van der Waals surface area contributed by atoms with Crippen LogP contribution in [0, 0.1) is 5.92 Å². The van der Waals surface area contributed by atoms with E-state index in [-0.39, 0.29) is 11.8 Å². The normalized spacial score (nSPS) is 14.8. The summed E-state index contributed by atoms with van der Waals surface area (Å²) in [6, 6.07) is 10.8. The van der Waals surface area contributed by atoms with Gasteiger partial charge in [-0.05, 0) is 43.0 Å². The summed E-state index contributed by atoms with van der Waals surface area (Å²) < 4.78 is 0. The smallest absolute Gasteiger partial charge is 0.265 e. The summed E-state index contributed by atoms with van der Waals surface area (Å²) in [5.74, 6) is 0.450. The molecule has 2 amide bonds. The van der Waals surface area contributed by atoms with Gasteiger partial charge in [0.05, 0.1) is 22.8 Å². The zero-order chi connectivity index (χ0) is 18.4. The first kappa shape index (κ1) is 18.5. The van der Waals surface area contributed by atoms with Crippen molar-refractivity contribution in [3.05, 3.63) is 46.2 Å². The van der Waals surface area contributed by atoms with E-state index in [2.05, 4.69) is 10.6 Å². The average Bonchev–Trinajstić information content (AvgIpc) is 3.12. The van der Waals surface area contributed by atoms with Crippen LogP contribution < -0.4 is 16.4 Å². The first-order valence-corrected chi connectivity index (χ1v) is 9.95. The van der Waals surface area contributed by atoms with Crippen molar-refractivity contribution in [1.29, 1.82) is 0 Å². The predicted molar refractivity (Wildman–Crippen MR) is 106 cm³/mol. The highest BCUT2D eigenvalue weighted by atomic mass is 32.1. The molecule has 138 valence electrons.